The molecule has 0 aliphatic heterocycles. The normalized spacial score (nSPS) is 10.8. The maximum atomic E-state index is 12.1. The van der Waals surface area contributed by atoms with Crippen molar-refractivity contribution in [3.05, 3.63) is 64.2 Å². The van der Waals surface area contributed by atoms with Crippen LogP contribution in [0.2, 0.25) is 5.02 Å². The van der Waals surface area contributed by atoms with Crippen molar-refractivity contribution in [2.45, 2.75) is 33.9 Å². The Bertz CT molecular complexity index is 730. The Morgan fingerprint density at radius 1 is 1.12 bits per heavy atom. The average molecular weight is 376 g/mol. The van der Waals surface area contributed by atoms with Gasteiger partial charge in [0.05, 0.1) is 13.1 Å². The fourth-order valence-corrected chi connectivity index (χ4v) is 3.06. The molecular weight excluding hydrogens is 348 g/mol. The summed E-state index contributed by atoms with van der Waals surface area (Å²) in [4.78, 5) is 13.7. The zero-order chi connectivity index (χ0) is 18.9. The molecule has 0 heterocycles. The predicted octanol–water partition coefficient (Wildman–Crippen LogP) is 2.77. The molecule has 140 valence electrons. The molecule has 0 bridgehead atoms. The van der Waals surface area contributed by atoms with E-state index in [1.807, 2.05) is 19.1 Å². The van der Waals surface area contributed by atoms with Gasteiger partial charge in [-0.25, -0.2) is 0 Å². The fourth-order valence-electron chi connectivity index (χ4n) is 2.83. The first-order chi connectivity index (χ1) is 12.5. The molecular formula is C21H28ClN2O2+. The number of nitrogens with one attached hydrogen (secondary N) is 2. The Labute approximate surface area is 161 Å². The van der Waals surface area contributed by atoms with Gasteiger partial charge in [-0.05, 0) is 50.1 Å². The molecule has 26 heavy (non-hydrogen) atoms. The van der Waals surface area contributed by atoms with Gasteiger partial charge in [-0.2, -0.15) is 0 Å². The molecule has 0 aliphatic carbocycles. The minimum absolute atomic E-state index is 0.00800. The molecule has 2 rings (SSSR count). The second-order valence-corrected chi connectivity index (χ2v) is 6.81. The van der Waals surface area contributed by atoms with E-state index in [0.29, 0.717) is 17.3 Å². The lowest BCUT2D eigenvalue weighted by Crippen LogP contribution is -3.10. The first-order valence-electron chi connectivity index (χ1n) is 9.09. The van der Waals surface area contributed by atoms with E-state index in [4.69, 9.17) is 16.3 Å². The van der Waals surface area contributed by atoms with Gasteiger partial charge in [0.25, 0.3) is 5.91 Å². The van der Waals surface area contributed by atoms with Gasteiger partial charge in [0.2, 0.25) is 0 Å². The van der Waals surface area contributed by atoms with E-state index in [1.165, 1.54) is 10.5 Å². The van der Waals surface area contributed by atoms with Gasteiger partial charge >= 0.3 is 0 Å². The topological polar surface area (TPSA) is 42.8 Å². The highest BCUT2D eigenvalue weighted by molar-refractivity contribution is 6.30. The van der Waals surface area contributed by atoms with Crippen LogP contribution in [-0.4, -0.2) is 25.6 Å². The van der Waals surface area contributed by atoms with Crippen LogP contribution in [0.25, 0.3) is 0 Å². The SMILES string of the molecule is CC[NH+](CC)Cc1ccccc1CNC(=O)COc1ccc(Cl)cc1C. The van der Waals surface area contributed by atoms with Crippen molar-refractivity contribution >= 4 is 17.5 Å². The van der Waals surface area contributed by atoms with Crippen LogP contribution >= 0.6 is 11.6 Å². The van der Waals surface area contributed by atoms with E-state index >= 15 is 0 Å². The number of rotatable bonds is 9. The lowest BCUT2D eigenvalue weighted by atomic mass is 10.1. The standard InChI is InChI=1S/C21H27ClN2O2/c1-4-24(5-2)14-18-9-7-6-8-17(18)13-23-21(25)15-26-20-11-10-19(22)12-16(20)3/h6-12H,4-5,13-15H2,1-3H3,(H,23,25)/p+1. The number of amides is 1. The van der Waals surface area contributed by atoms with Gasteiger partial charge in [-0.15, -0.1) is 0 Å². The van der Waals surface area contributed by atoms with E-state index in [0.717, 1.165) is 30.8 Å². The summed E-state index contributed by atoms with van der Waals surface area (Å²) in [6.07, 6.45) is 0. The van der Waals surface area contributed by atoms with Crippen molar-refractivity contribution in [3.8, 4) is 5.75 Å². The summed E-state index contributed by atoms with van der Waals surface area (Å²) in [6, 6.07) is 13.6. The third kappa shape index (κ3) is 6.04. The van der Waals surface area contributed by atoms with Gasteiger partial charge in [0, 0.05) is 17.1 Å². The monoisotopic (exact) mass is 375 g/mol. The fraction of sp³-hybridized carbons (Fsp3) is 0.381. The highest BCUT2D eigenvalue weighted by atomic mass is 35.5. The van der Waals surface area contributed by atoms with Crippen LogP contribution in [-0.2, 0) is 17.9 Å². The lowest BCUT2D eigenvalue weighted by Gasteiger charge is -2.18. The number of carbonyl (C=O) groups is 1. The number of benzene rings is 2. The molecule has 0 saturated carbocycles. The molecule has 4 nitrogen and oxygen atoms in total. The molecule has 2 N–H and O–H groups in total. The predicted molar refractivity (Wildman–Crippen MR) is 106 cm³/mol. The van der Waals surface area contributed by atoms with Gasteiger partial charge in [-0.3, -0.25) is 4.79 Å². The Morgan fingerprint density at radius 3 is 2.46 bits per heavy atom. The molecule has 0 fully saturated rings. The summed E-state index contributed by atoms with van der Waals surface area (Å²) < 4.78 is 5.60. The molecule has 0 aromatic heterocycles. The number of hydrogen-bond acceptors (Lipinski definition) is 2. The molecule has 0 unspecified atom stereocenters. The third-order valence-electron chi connectivity index (χ3n) is 4.53. The smallest absolute Gasteiger partial charge is 0.258 e. The third-order valence-corrected chi connectivity index (χ3v) is 4.77. The second kappa shape index (κ2) is 10.2. The maximum absolute atomic E-state index is 12.1. The molecule has 0 radical (unpaired) electrons. The quantitative estimate of drug-likeness (QED) is 0.707. The highest BCUT2D eigenvalue weighted by Crippen LogP contribution is 2.21. The Kier molecular flexibility index (Phi) is 7.95. The molecule has 2 aromatic carbocycles. The van der Waals surface area contributed by atoms with Crippen molar-refractivity contribution in [1.82, 2.24) is 5.32 Å². The minimum Gasteiger partial charge on any atom is -0.484 e. The van der Waals surface area contributed by atoms with Crippen LogP contribution in [0, 0.1) is 6.92 Å². The number of ether oxygens (including phenoxy) is 1. The number of aryl methyl sites for hydroxylation is 1. The second-order valence-electron chi connectivity index (χ2n) is 6.38. The Hall–Kier alpha value is -2.04. The first-order valence-corrected chi connectivity index (χ1v) is 9.47. The van der Waals surface area contributed by atoms with E-state index in [-0.39, 0.29) is 12.5 Å². The molecule has 0 saturated heterocycles. The molecule has 5 heteroatoms. The van der Waals surface area contributed by atoms with Crippen LogP contribution in [0.3, 0.4) is 0 Å². The highest BCUT2D eigenvalue weighted by Gasteiger charge is 2.10. The summed E-state index contributed by atoms with van der Waals surface area (Å²) in [7, 11) is 0. The molecule has 0 spiro atoms. The molecule has 0 atom stereocenters. The van der Waals surface area contributed by atoms with Crippen LogP contribution in [0.5, 0.6) is 5.75 Å². The van der Waals surface area contributed by atoms with Crippen LogP contribution in [0.1, 0.15) is 30.5 Å². The zero-order valence-corrected chi connectivity index (χ0v) is 16.5. The van der Waals surface area contributed by atoms with Crippen molar-refractivity contribution in [3.63, 3.8) is 0 Å². The summed E-state index contributed by atoms with van der Waals surface area (Å²) in [5.41, 5.74) is 3.35. The van der Waals surface area contributed by atoms with E-state index in [2.05, 4.69) is 37.4 Å². The van der Waals surface area contributed by atoms with Gasteiger partial charge < -0.3 is 15.0 Å². The van der Waals surface area contributed by atoms with E-state index < -0.39 is 0 Å². The van der Waals surface area contributed by atoms with Gasteiger partial charge in [-0.1, -0.05) is 35.9 Å². The van der Waals surface area contributed by atoms with Crippen LogP contribution in [0.15, 0.2) is 42.5 Å². The lowest BCUT2D eigenvalue weighted by molar-refractivity contribution is -0.910. The molecule has 0 aliphatic rings. The van der Waals surface area contributed by atoms with Crippen molar-refractivity contribution in [2.24, 2.45) is 0 Å². The average Bonchev–Trinajstić information content (AvgIpc) is 2.64. The van der Waals surface area contributed by atoms with Crippen molar-refractivity contribution < 1.29 is 14.4 Å². The molecule has 2 aromatic rings. The summed E-state index contributed by atoms with van der Waals surface area (Å²) in [5, 5.41) is 3.61. The number of carbonyl (C=O) groups excluding carboxylic acids is 1. The van der Waals surface area contributed by atoms with Crippen molar-refractivity contribution in [1.29, 1.82) is 0 Å². The summed E-state index contributed by atoms with van der Waals surface area (Å²) in [6.45, 7) is 9.95. The maximum Gasteiger partial charge on any atom is 0.258 e. The van der Waals surface area contributed by atoms with Crippen LogP contribution in [0.4, 0.5) is 0 Å². The van der Waals surface area contributed by atoms with E-state index in [9.17, 15) is 4.79 Å². The minimum atomic E-state index is -0.135. The summed E-state index contributed by atoms with van der Waals surface area (Å²) in [5.74, 6) is 0.541. The first kappa shape index (κ1) is 20.3. The van der Waals surface area contributed by atoms with Crippen LogP contribution < -0.4 is 15.0 Å². The number of quaternary nitrogens is 1. The Morgan fingerprint density at radius 2 is 1.81 bits per heavy atom. The molecule has 1 amide bonds. The van der Waals surface area contributed by atoms with E-state index in [1.54, 1.807) is 12.1 Å². The number of hydrogen-bond donors (Lipinski definition) is 2. The van der Waals surface area contributed by atoms with Gasteiger partial charge in [0.1, 0.15) is 12.3 Å². The van der Waals surface area contributed by atoms with Crippen molar-refractivity contribution in [2.75, 3.05) is 19.7 Å². The van der Waals surface area contributed by atoms with Gasteiger partial charge in [0.15, 0.2) is 6.61 Å². The Balaban J connectivity index is 1.89. The zero-order valence-electron chi connectivity index (χ0n) is 15.8. The summed E-state index contributed by atoms with van der Waals surface area (Å²) >= 11 is 5.93. The largest absolute Gasteiger partial charge is 0.484 e. The number of halogens is 1.